The summed E-state index contributed by atoms with van der Waals surface area (Å²) in [6.07, 6.45) is 0.914. The zero-order valence-electron chi connectivity index (χ0n) is 15.9. The Morgan fingerprint density at radius 2 is 1.57 bits per heavy atom. The molecule has 1 fully saturated rings. The molecule has 0 atom stereocenters. The number of amides is 1. The molecule has 2 heterocycles. The van der Waals surface area contributed by atoms with Gasteiger partial charge in [0, 0.05) is 30.4 Å². The first-order valence-electron chi connectivity index (χ1n) is 9.81. The Bertz CT molecular complexity index is 978. The summed E-state index contributed by atoms with van der Waals surface area (Å²) in [7, 11) is 0. The molecule has 1 amide bonds. The van der Waals surface area contributed by atoms with Crippen LogP contribution in [0.1, 0.15) is 6.42 Å². The largest absolute Gasteiger partial charge is 0.379 e. The second kappa shape index (κ2) is 8.54. The lowest BCUT2D eigenvalue weighted by atomic mass is 10.1. The third-order valence-corrected chi connectivity index (χ3v) is 5.26. The monoisotopic (exact) mass is 379 g/mol. The minimum atomic E-state index is -0.0408. The molecule has 0 unspecified atom stereocenters. The number of nitrogens with zero attached hydrogens (tertiary/aromatic N) is 2. The van der Waals surface area contributed by atoms with E-state index in [1.807, 2.05) is 53.1 Å². The smallest absolute Gasteiger partial charge is 0.239 e. The highest BCUT2D eigenvalue weighted by molar-refractivity contribution is 5.94. The van der Waals surface area contributed by atoms with Crippen molar-refractivity contribution in [1.82, 2.24) is 14.8 Å². The molecule has 4 rings (SSSR count). The van der Waals surface area contributed by atoms with Gasteiger partial charge in [0.25, 0.3) is 0 Å². The Morgan fingerprint density at radius 3 is 2.21 bits per heavy atom. The van der Waals surface area contributed by atoms with Gasteiger partial charge in [0.15, 0.2) is 5.43 Å². The zero-order chi connectivity index (χ0) is 19.3. The number of rotatable bonds is 6. The molecule has 1 saturated heterocycles. The van der Waals surface area contributed by atoms with Crippen LogP contribution in [0.2, 0.25) is 0 Å². The molecule has 0 saturated carbocycles. The van der Waals surface area contributed by atoms with Crippen molar-refractivity contribution in [1.29, 1.82) is 0 Å². The molecule has 6 nitrogen and oxygen atoms in total. The number of carbonyl (C=O) groups is 1. The van der Waals surface area contributed by atoms with E-state index >= 15 is 0 Å². The van der Waals surface area contributed by atoms with Crippen LogP contribution < -0.4 is 10.7 Å². The van der Waals surface area contributed by atoms with Crippen molar-refractivity contribution < 1.29 is 9.53 Å². The van der Waals surface area contributed by atoms with Gasteiger partial charge in [-0.1, -0.05) is 24.3 Å². The number of benzene rings is 2. The van der Waals surface area contributed by atoms with Gasteiger partial charge in [0.2, 0.25) is 5.91 Å². The number of ether oxygens (including phenoxy) is 1. The van der Waals surface area contributed by atoms with E-state index in [1.54, 1.807) is 0 Å². The summed E-state index contributed by atoms with van der Waals surface area (Å²) < 4.78 is 7.29. The van der Waals surface area contributed by atoms with Crippen molar-refractivity contribution in [2.45, 2.75) is 13.0 Å². The summed E-state index contributed by atoms with van der Waals surface area (Å²) in [4.78, 5) is 27.7. The second-order valence-corrected chi connectivity index (χ2v) is 7.11. The molecular formula is C22H25N3O3. The topological polar surface area (TPSA) is 63.6 Å². The number of morpholine rings is 1. The molecule has 1 aliphatic heterocycles. The number of hydrogen-bond donors (Lipinski definition) is 1. The van der Waals surface area contributed by atoms with Crippen LogP contribution in [0.15, 0.2) is 53.3 Å². The van der Waals surface area contributed by atoms with Crippen LogP contribution in [-0.4, -0.2) is 54.8 Å². The third-order valence-electron chi connectivity index (χ3n) is 5.26. The van der Waals surface area contributed by atoms with Gasteiger partial charge in [-0.2, -0.15) is 0 Å². The van der Waals surface area contributed by atoms with E-state index in [4.69, 9.17) is 4.74 Å². The summed E-state index contributed by atoms with van der Waals surface area (Å²) >= 11 is 0. The fraction of sp³-hybridized carbons (Fsp3) is 0.364. The number of carbonyl (C=O) groups excluding carboxylic acids is 1. The molecule has 146 valence electrons. The molecule has 0 bridgehead atoms. The average Bonchev–Trinajstić information content (AvgIpc) is 2.75. The van der Waals surface area contributed by atoms with E-state index < -0.39 is 0 Å². The van der Waals surface area contributed by atoms with E-state index in [9.17, 15) is 9.59 Å². The van der Waals surface area contributed by atoms with Gasteiger partial charge in [-0.3, -0.25) is 14.5 Å². The van der Waals surface area contributed by atoms with Gasteiger partial charge in [-0.25, -0.2) is 0 Å². The number of pyridine rings is 1. The molecule has 1 aromatic heterocycles. The quantitative estimate of drug-likeness (QED) is 0.526. The van der Waals surface area contributed by atoms with Crippen LogP contribution in [0.3, 0.4) is 0 Å². The van der Waals surface area contributed by atoms with Crippen molar-refractivity contribution in [2.75, 3.05) is 39.4 Å². The fourth-order valence-electron chi connectivity index (χ4n) is 3.80. The van der Waals surface area contributed by atoms with Crippen LogP contribution in [-0.2, 0) is 16.1 Å². The summed E-state index contributed by atoms with van der Waals surface area (Å²) in [6.45, 7) is 5.31. The van der Waals surface area contributed by atoms with E-state index in [-0.39, 0.29) is 17.9 Å². The highest BCUT2D eigenvalue weighted by atomic mass is 16.5. The number of hydrogen-bond acceptors (Lipinski definition) is 4. The molecule has 3 aromatic rings. The normalized spacial score (nSPS) is 15.1. The molecule has 0 aliphatic carbocycles. The highest BCUT2D eigenvalue weighted by Crippen LogP contribution is 2.18. The molecule has 6 heteroatoms. The number of para-hydroxylation sites is 2. The lowest BCUT2D eigenvalue weighted by molar-refractivity contribution is -0.121. The predicted molar refractivity (Wildman–Crippen MR) is 111 cm³/mol. The summed E-state index contributed by atoms with van der Waals surface area (Å²) in [5, 5.41) is 4.30. The average molecular weight is 379 g/mol. The molecule has 1 aliphatic rings. The molecule has 0 spiro atoms. The van der Waals surface area contributed by atoms with E-state index in [1.165, 1.54) is 0 Å². The first-order valence-corrected chi connectivity index (χ1v) is 9.81. The molecule has 28 heavy (non-hydrogen) atoms. The Labute approximate surface area is 163 Å². The lowest BCUT2D eigenvalue weighted by Gasteiger charge is -2.26. The molecular weight excluding hydrogens is 354 g/mol. The van der Waals surface area contributed by atoms with Crippen molar-refractivity contribution in [3.63, 3.8) is 0 Å². The Hall–Kier alpha value is -2.70. The maximum atomic E-state index is 12.8. The first kappa shape index (κ1) is 18.7. The highest BCUT2D eigenvalue weighted by Gasteiger charge is 2.13. The fourth-order valence-corrected chi connectivity index (χ4v) is 3.80. The van der Waals surface area contributed by atoms with Gasteiger partial charge in [-0.15, -0.1) is 0 Å². The van der Waals surface area contributed by atoms with Crippen molar-refractivity contribution in [3.8, 4) is 0 Å². The Morgan fingerprint density at radius 1 is 0.964 bits per heavy atom. The summed E-state index contributed by atoms with van der Waals surface area (Å²) in [5.41, 5.74) is 1.58. The maximum absolute atomic E-state index is 12.8. The number of nitrogens with one attached hydrogen (secondary N) is 1. The van der Waals surface area contributed by atoms with Crippen LogP contribution in [0, 0.1) is 0 Å². The molecule has 0 radical (unpaired) electrons. The van der Waals surface area contributed by atoms with Gasteiger partial charge in [-0.05, 0) is 37.2 Å². The van der Waals surface area contributed by atoms with Crippen molar-refractivity contribution >= 4 is 27.7 Å². The van der Waals surface area contributed by atoms with Crippen LogP contribution in [0.25, 0.3) is 21.8 Å². The SMILES string of the molecule is O=C(Cn1c2ccccc2c(=O)c2ccccc21)NCCCN1CCOCC1. The summed E-state index contributed by atoms with van der Waals surface area (Å²) in [6, 6.07) is 14.9. The minimum absolute atomic E-state index is 0.00775. The van der Waals surface area contributed by atoms with E-state index in [0.717, 1.165) is 50.3 Å². The first-order chi connectivity index (χ1) is 13.7. The van der Waals surface area contributed by atoms with E-state index in [0.29, 0.717) is 17.3 Å². The summed E-state index contributed by atoms with van der Waals surface area (Å²) in [5.74, 6) is -0.0408. The van der Waals surface area contributed by atoms with Crippen LogP contribution >= 0.6 is 0 Å². The van der Waals surface area contributed by atoms with Gasteiger partial charge in [0.05, 0.1) is 24.2 Å². The Balaban J connectivity index is 1.48. The third kappa shape index (κ3) is 3.93. The van der Waals surface area contributed by atoms with E-state index in [2.05, 4.69) is 10.2 Å². The van der Waals surface area contributed by atoms with Gasteiger partial charge in [0.1, 0.15) is 6.54 Å². The standard InChI is InChI=1S/C22H25N3O3/c26-21(23-10-5-11-24-12-14-28-15-13-24)16-25-19-8-3-1-6-17(19)22(27)18-7-2-4-9-20(18)25/h1-4,6-9H,5,10-16H2,(H,23,26). The van der Waals surface area contributed by atoms with Crippen molar-refractivity contribution in [2.24, 2.45) is 0 Å². The lowest BCUT2D eigenvalue weighted by Crippen LogP contribution is -2.38. The van der Waals surface area contributed by atoms with Crippen LogP contribution in [0.4, 0.5) is 0 Å². The van der Waals surface area contributed by atoms with Crippen molar-refractivity contribution in [3.05, 3.63) is 58.8 Å². The Kier molecular flexibility index (Phi) is 5.69. The predicted octanol–water partition coefficient (Wildman–Crippen LogP) is 1.99. The molecule has 2 aromatic carbocycles. The number of aromatic nitrogens is 1. The number of fused-ring (bicyclic) bond motifs is 2. The van der Waals surface area contributed by atoms with Gasteiger partial charge >= 0.3 is 0 Å². The van der Waals surface area contributed by atoms with Gasteiger partial charge < -0.3 is 14.6 Å². The maximum Gasteiger partial charge on any atom is 0.239 e. The molecule has 1 N–H and O–H groups in total. The minimum Gasteiger partial charge on any atom is -0.379 e. The second-order valence-electron chi connectivity index (χ2n) is 7.11. The van der Waals surface area contributed by atoms with Crippen LogP contribution in [0.5, 0.6) is 0 Å². The zero-order valence-corrected chi connectivity index (χ0v) is 15.9.